The molecule has 4 heteroatoms. The molecule has 1 saturated heterocycles. The highest BCUT2D eigenvalue weighted by Crippen LogP contribution is 2.14. The Morgan fingerprint density at radius 3 is 2.43 bits per heavy atom. The van der Waals surface area contributed by atoms with Gasteiger partial charge in [-0.15, -0.1) is 0 Å². The van der Waals surface area contributed by atoms with Crippen LogP contribution in [-0.4, -0.2) is 54.3 Å². The second-order valence-electron chi connectivity index (χ2n) is 4.01. The summed E-state index contributed by atoms with van der Waals surface area (Å²) in [5.41, 5.74) is 0. The molecule has 0 aliphatic carbocycles. The molecule has 1 amide bonds. The largest absolute Gasteiger partial charge is 0.343 e. The molecule has 0 N–H and O–H groups in total. The lowest BCUT2D eigenvalue weighted by Crippen LogP contribution is -2.44. The average molecular weight is 263 g/mol. The Hall–Kier alpha value is -0.0900. The lowest BCUT2D eigenvalue weighted by Gasteiger charge is -2.35. The number of halogens is 1. The van der Waals surface area contributed by atoms with Crippen molar-refractivity contribution in [3.05, 3.63) is 0 Å². The van der Waals surface area contributed by atoms with Crippen molar-refractivity contribution in [3.63, 3.8) is 0 Å². The van der Waals surface area contributed by atoms with Crippen LogP contribution >= 0.6 is 15.9 Å². The first-order chi connectivity index (χ1) is 6.65. The van der Waals surface area contributed by atoms with E-state index in [0.717, 1.165) is 31.3 Å². The summed E-state index contributed by atoms with van der Waals surface area (Å²) in [6, 6.07) is 0.656. The minimum Gasteiger partial charge on any atom is -0.343 e. The highest BCUT2D eigenvalue weighted by Gasteiger charge is 2.22. The fourth-order valence-electron chi connectivity index (χ4n) is 1.87. The number of carbonyl (C=O) groups excluding carboxylic acids is 1. The Morgan fingerprint density at radius 2 is 2.00 bits per heavy atom. The van der Waals surface area contributed by atoms with Gasteiger partial charge in [0.05, 0.1) is 0 Å². The molecular weight excluding hydrogens is 244 g/mol. The third-order valence-electron chi connectivity index (χ3n) is 2.86. The number of nitrogens with zero attached hydrogens (tertiary/aromatic N) is 2. The quantitative estimate of drug-likeness (QED) is 0.717. The highest BCUT2D eigenvalue weighted by atomic mass is 79.9. The van der Waals surface area contributed by atoms with E-state index in [1.54, 1.807) is 0 Å². The van der Waals surface area contributed by atoms with Gasteiger partial charge in [0, 0.05) is 30.9 Å². The monoisotopic (exact) mass is 262 g/mol. The lowest BCUT2D eigenvalue weighted by atomic mass is 10.0. The summed E-state index contributed by atoms with van der Waals surface area (Å²) >= 11 is 3.30. The molecule has 82 valence electrons. The van der Waals surface area contributed by atoms with Crippen molar-refractivity contribution >= 4 is 21.8 Å². The van der Waals surface area contributed by atoms with E-state index in [1.807, 2.05) is 4.90 Å². The molecule has 0 atom stereocenters. The van der Waals surface area contributed by atoms with Crippen LogP contribution in [0.3, 0.4) is 0 Å². The normalized spacial score (nSPS) is 19.0. The van der Waals surface area contributed by atoms with Gasteiger partial charge in [-0.1, -0.05) is 15.9 Å². The van der Waals surface area contributed by atoms with Gasteiger partial charge in [0.1, 0.15) is 0 Å². The van der Waals surface area contributed by atoms with Crippen molar-refractivity contribution in [3.8, 4) is 0 Å². The van der Waals surface area contributed by atoms with Gasteiger partial charge >= 0.3 is 0 Å². The van der Waals surface area contributed by atoms with Crippen molar-refractivity contribution in [1.82, 2.24) is 9.80 Å². The first kappa shape index (κ1) is 12.0. The van der Waals surface area contributed by atoms with E-state index in [0.29, 0.717) is 18.4 Å². The second kappa shape index (κ2) is 5.71. The third-order valence-corrected chi connectivity index (χ3v) is 3.25. The maximum absolute atomic E-state index is 11.6. The Morgan fingerprint density at radius 1 is 1.43 bits per heavy atom. The minimum atomic E-state index is 0.291. The van der Waals surface area contributed by atoms with Gasteiger partial charge in [0.25, 0.3) is 0 Å². The first-order valence-electron chi connectivity index (χ1n) is 5.15. The molecule has 1 rings (SSSR count). The van der Waals surface area contributed by atoms with Crippen LogP contribution in [0.15, 0.2) is 0 Å². The summed E-state index contributed by atoms with van der Waals surface area (Å²) in [5.74, 6) is 0.291. The van der Waals surface area contributed by atoms with Crippen LogP contribution in [0.4, 0.5) is 0 Å². The zero-order chi connectivity index (χ0) is 10.6. The molecule has 3 nitrogen and oxygen atoms in total. The number of hydrogen-bond donors (Lipinski definition) is 0. The van der Waals surface area contributed by atoms with Gasteiger partial charge in [0.2, 0.25) is 5.91 Å². The number of amides is 1. The maximum atomic E-state index is 11.6. The number of piperidine rings is 1. The Kier molecular flexibility index (Phi) is 4.89. The molecule has 0 aromatic carbocycles. The van der Waals surface area contributed by atoms with E-state index in [2.05, 4.69) is 34.9 Å². The number of rotatable bonds is 3. The molecule has 0 spiro atoms. The van der Waals surface area contributed by atoms with Crippen LogP contribution in [0, 0.1) is 0 Å². The molecule has 14 heavy (non-hydrogen) atoms. The first-order valence-corrected chi connectivity index (χ1v) is 6.27. The molecule has 0 radical (unpaired) electrons. The molecule has 0 aromatic rings. The van der Waals surface area contributed by atoms with Crippen LogP contribution in [0.5, 0.6) is 0 Å². The molecular formula is C10H19BrN2O. The lowest BCUT2D eigenvalue weighted by molar-refractivity contribution is -0.132. The molecule has 0 aromatic heterocycles. The molecule has 0 bridgehead atoms. The van der Waals surface area contributed by atoms with Crippen molar-refractivity contribution in [2.45, 2.75) is 25.3 Å². The van der Waals surface area contributed by atoms with Crippen molar-refractivity contribution in [2.24, 2.45) is 0 Å². The molecule has 1 aliphatic heterocycles. The average Bonchev–Trinajstić information content (AvgIpc) is 2.18. The van der Waals surface area contributed by atoms with E-state index in [1.165, 1.54) is 0 Å². The zero-order valence-electron chi connectivity index (χ0n) is 9.00. The smallest absolute Gasteiger partial charge is 0.223 e. The molecule has 1 fully saturated rings. The minimum absolute atomic E-state index is 0.291. The van der Waals surface area contributed by atoms with Crippen molar-refractivity contribution in [1.29, 1.82) is 0 Å². The summed E-state index contributed by atoms with van der Waals surface area (Å²) in [6.07, 6.45) is 2.86. The SMILES string of the molecule is CN(C)C1CCN(C(=O)CCBr)CC1. The van der Waals surface area contributed by atoms with Crippen LogP contribution < -0.4 is 0 Å². The summed E-state index contributed by atoms with van der Waals surface area (Å²) in [6.45, 7) is 1.85. The van der Waals surface area contributed by atoms with E-state index in [4.69, 9.17) is 0 Å². The topological polar surface area (TPSA) is 23.6 Å². The summed E-state index contributed by atoms with van der Waals surface area (Å²) in [4.78, 5) is 15.8. The Labute approximate surface area is 94.6 Å². The molecule has 1 aliphatic rings. The molecule has 0 unspecified atom stereocenters. The number of hydrogen-bond acceptors (Lipinski definition) is 2. The van der Waals surface area contributed by atoms with E-state index >= 15 is 0 Å². The fourth-order valence-corrected chi connectivity index (χ4v) is 2.21. The summed E-state index contributed by atoms with van der Waals surface area (Å²) in [7, 11) is 4.22. The van der Waals surface area contributed by atoms with E-state index < -0.39 is 0 Å². The van der Waals surface area contributed by atoms with Gasteiger partial charge in [-0.3, -0.25) is 4.79 Å². The number of likely N-dealkylation sites (tertiary alicyclic amines) is 1. The van der Waals surface area contributed by atoms with Crippen LogP contribution in [-0.2, 0) is 4.79 Å². The predicted octanol–water partition coefficient (Wildman–Crippen LogP) is 1.32. The molecule has 1 heterocycles. The zero-order valence-corrected chi connectivity index (χ0v) is 10.6. The van der Waals surface area contributed by atoms with E-state index in [9.17, 15) is 4.79 Å². The van der Waals surface area contributed by atoms with Crippen molar-refractivity contribution in [2.75, 3.05) is 32.5 Å². The van der Waals surface area contributed by atoms with Crippen molar-refractivity contribution < 1.29 is 4.79 Å². The van der Waals surface area contributed by atoms with Gasteiger partial charge in [-0.25, -0.2) is 0 Å². The summed E-state index contributed by atoms with van der Waals surface area (Å²) in [5, 5.41) is 0.777. The van der Waals surface area contributed by atoms with Crippen LogP contribution in [0.1, 0.15) is 19.3 Å². The predicted molar refractivity (Wildman–Crippen MR) is 61.7 cm³/mol. The number of carbonyl (C=O) groups is 1. The Balaban J connectivity index is 2.31. The third kappa shape index (κ3) is 3.24. The van der Waals surface area contributed by atoms with Gasteiger partial charge in [0.15, 0.2) is 0 Å². The molecule has 0 saturated carbocycles. The van der Waals surface area contributed by atoms with Gasteiger partial charge in [-0.05, 0) is 26.9 Å². The standard InChI is InChI=1S/C10H19BrN2O/c1-12(2)9-4-7-13(8-5-9)10(14)3-6-11/h9H,3-8H2,1-2H3. The van der Waals surface area contributed by atoms with Crippen LogP contribution in [0.25, 0.3) is 0 Å². The maximum Gasteiger partial charge on any atom is 0.223 e. The van der Waals surface area contributed by atoms with Gasteiger partial charge < -0.3 is 9.80 Å². The van der Waals surface area contributed by atoms with E-state index in [-0.39, 0.29) is 0 Å². The van der Waals surface area contributed by atoms with Crippen LogP contribution in [0.2, 0.25) is 0 Å². The number of alkyl halides is 1. The Bertz CT molecular complexity index is 189. The second-order valence-corrected chi connectivity index (χ2v) is 4.81. The summed E-state index contributed by atoms with van der Waals surface area (Å²) < 4.78 is 0. The van der Waals surface area contributed by atoms with Gasteiger partial charge in [-0.2, -0.15) is 0 Å². The fraction of sp³-hybridized carbons (Fsp3) is 0.900. The highest BCUT2D eigenvalue weighted by molar-refractivity contribution is 9.09.